The molecule has 0 aliphatic carbocycles. The summed E-state index contributed by atoms with van der Waals surface area (Å²) in [6.45, 7) is 2.74. The molecule has 1 amide bonds. The number of methoxy groups -OCH3 is 1. The lowest BCUT2D eigenvalue weighted by Gasteiger charge is -2.14. The van der Waals surface area contributed by atoms with Gasteiger partial charge in [-0.05, 0) is 29.2 Å². The Labute approximate surface area is 141 Å². The SMILES string of the molecule is COc1ccc(C(C)CNC(=O)OCc2ccccc2)cc1Cl. The van der Waals surface area contributed by atoms with Gasteiger partial charge in [-0.2, -0.15) is 0 Å². The number of hydrogen-bond acceptors (Lipinski definition) is 3. The summed E-state index contributed by atoms with van der Waals surface area (Å²) in [6, 6.07) is 15.2. The van der Waals surface area contributed by atoms with Crippen LogP contribution in [0.15, 0.2) is 48.5 Å². The fraction of sp³-hybridized carbons (Fsp3) is 0.278. The van der Waals surface area contributed by atoms with Crippen molar-refractivity contribution in [3.8, 4) is 5.75 Å². The van der Waals surface area contributed by atoms with E-state index in [1.807, 2.05) is 55.5 Å². The van der Waals surface area contributed by atoms with Crippen LogP contribution in [0.3, 0.4) is 0 Å². The van der Waals surface area contributed by atoms with Crippen molar-refractivity contribution in [3.05, 3.63) is 64.7 Å². The smallest absolute Gasteiger partial charge is 0.407 e. The molecule has 1 atom stereocenters. The lowest BCUT2D eigenvalue weighted by atomic mass is 10.0. The van der Waals surface area contributed by atoms with Crippen LogP contribution in [0.25, 0.3) is 0 Å². The van der Waals surface area contributed by atoms with Crippen molar-refractivity contribution in [1.29, 1.82) is 0 Å². The number of carbonyl (C=O) groups is 1. The Hall–Kier alpha value is -2.20. The molecule has 0 fully saturated rings. The maximum absolute atomic E-state index is 11.7. The molecule has 0 aliphatic rings. The van der Waals surface area contributed by atoms with Gasteiger partial charge in [-0.3, -0.25) is 0 Å². The molecule has 0 saturated carbocycles. The highest BCUT2D eigenvalue weighted by Crippen LogP contribution is 2.28. The molecule has 2 aromatic carbocycles. The molecular formula is C18H20ClNO3. The van der Waals surface area contributed by atoms with Gasteiger partial charge in [0.15, 0.2) is 0 Å². The summed E-state index contributed by atoms with van der Waals surface area (Å²) >= 11 is 6.12. The predicted molar refractivity (Wildman–Crippen MR) is 91.0 cm³/mol. The molecule has 1 N–H and O–H groups in total. The maximum atomic E-state index is 11.7. The molecule has 0 saturated heterocycles. The Kier molecular flexibility index (Phi) is 6.29. The zero-order valence-electron chi connectivity index (χ0n) is 13.2. The third-order valence-electron chi connectivity index (χ3n) is 3.51. The summed E-state index contributed by atoms with van der Waals surface area (Å²) in [5, 5.41) is 3.32. The van der Waals surface area contributed by atoms with Gasteiger partial charge in [0.2, 0.25) is 0 Å². The highest BCUT2D eigenvalue weighted by atomic mass is 35.5. The van der Waals surface area contributed by atoms with Crippen LogP contribution >= 0.6 is 11.6 Å². The number of hydrogen-bond donors (Lipinski definition) is 1. The van der Waals surface area contributed by atoms with E-state index in [1.165, 1.54) is 0 Å². The van der Waals surface area contributed by atoms with E-state index in [-0.39, 0.29) is 12.5 Å². The molecule has 2 aromatic rings. The molecular weight excluding hydrogens is 314 g/mol. The molecule has 0 radical (unpaired) electrons. The molecule has 4 nitrogen and oxygen atoms in total. The molecule has 0 heterocycles. The van der Waals surface area contributed by atoms with Crippen molar-refractivity contribution >= 4 is 17.7 Å². The van der Waals surface area contributed by atoms with Crippen molar-refractivity contribution < 1.29 is 14.3 Å². The number of ether oxygens (including phenoxy) is 2. The number of amides is 1. The number of nitrogens with one attached hydrogen (secondary N) is 1. The average molecular weight is 334 g/mol. The van der Waals surface area contributed by atoms with Gasteiger partial charge in [-0.25, -0.2) is 4.79 Å². The zero-order chi connectivity index (χ0) is 16.7. The minimum absolute atomic E-state index is 0.114. The van der Waals surface area contributed by atoms with Gasteiger partial charge in [0.1, 0.15) is 12.4 Å². The van der Waals surface area contributed by atoms with Crippen molar-refractivity contribution in [1.82, 2.24) is 5.32 Å². The second-order valence-electron chi connectivity index (χ2n) is 5.24. The fourth-order valence-electron chi connectivity index (χ4n) is 2.12. The van der Waals surface area contributed by atoms with Crippen molar-refractivity contribution in [2.75, 3.05) is 13.7 Å². The molecule has 0 aromatic heterocycles. The lowest BCUT2D eigenvalue weighted by molar-refractivity contribution is 0.139. The first-order valence-electron chi connectivity index (χ1n) is 7.38. The third-order valence-corrected chi connectivity index (χ3v) is 3.81. The van der Waals surface area contributed by atoms with Crippen molar-refractivity contribution in [2.45, 2.75) is 19.4 Å². The van der Waals surface area contributed by atoms with Crippen molar-refractivity contribution in [2.24, 2.45) is 0 Å². The first-order valence-corrected chi connectivity index (χ1v) is 7.76. The van der Waals surface area contributed by atoms with Crippen LogP contribution in [0.5, 0.6) is 5.75 Å². The molecule has 5 heteroatoms. The van der Waals surface area contributed by atoms with E-state index < -0.39 is 6.09 Å². The van der Waals surface area contributed by atoms with Crippen LogP contribution in [0.4, 0.5) is 4.79 Å². The van der Waals surface area contributed by atoms with Gasteiger partial charge in [-0.15, -0.1) is 0 Å². The first kappa shape index (κ1) is 17.2. The molecule has 1 unspecified atom stereocenters. The van der Waals surface area contributed by atoms with E-state index in [9.17, 15) is 4.79 Å². The van der Waals surface area contributed by atoms with Crippen molar-refractivity contribution in [3.63, 3.8) is 0 Å². The molecule has 2 rings (SSSR count). The molecule has 0 bridgehead atoms. The van der Waals surface area contributed by atoms with Gasteiger partial charge in [-0.1, -0.05) is 54.9 Å². The summed E-state index contributed by atoms with van der Waals surface area (Å²) in [6.07, 6.45) is -0.430. The van der Waals surface area contributed by atoms with E-state index in [0.29, 0.717) is 17.3 Å². The van der Waals surface area contributed by atoms with Gasteiger partial charge in [0, 0.05) is 6.54 Å². The quantitative estimate of drug-likeness (QED) is 0.853. The highest BCUT2D eigenvalue weighted by Gasteiger charge is 2.11. The summed E-state index contributed by atoms with van der Waals surface area (Å²) in [5.41, 5.74) is 1.98. The Morgan fingerprint density at radius 1 is 1.22 bits per heavy atom. The largest absolute Gasteiger partial charge is 0.495 e. The monoisotopic (exact) mass is 333 g/mol. The number of benzene rings is 2. The Morgan fingerprint density at radius 3 is 2.61 bits per heavy atom. The van der Waals surface area contributed by atoms with E-state index in [2.05, 4.69) is 5.32 Å². The van der Waals surface area contributed by atoms with Gasteiger partial charge in [0.05, 0.1) is 12.1 Å². The molecule has 0 spiro atoms. The second kappa shape index (κ2) is 8.44. The van der Waals surface area contributed by atoms with E-state index >= 15 is 0 Å². The number of alkyl carbamates (subject to hydrolysis) is 1. The van der Waals surface area contributed by atoms with Crippen LogP contribution in [0.1, 0.15) is 24.0 Å². The van der Waals surface area contributed by atoms with Crippen LogP contribution < -0.4 is 10.1 Å². The molecule has 122 valence electrons. The van der Waals surface area contributed by atoms with Gasteiger partial charge >= 0.3 is 6.09 Å². The molecule has 23 heavy (non-hydrogen) atoms. The number of carbonyl (C=O) groups excluding carboxylic acids is 1. The van der Waals surface area contributed by atoms with Crippen LogP contribution in [0, 0.1) is 0 Å². The highest BCUT2D eigenvalue weighted by molar-refractivity contribution is 6.32. The normalized spacial score (nSPS) is 11.6. The van der Waals surface area contributed by atoms with Gasteiger partial charge < -0.3 is 14.8 Å². The Bertz CT molecular complexity index is 646. The maximum Gasteiger partial charge on any atom is 0.407 e. The number of halogens is 1. The van der Waals surface area contributed by atoms with Crippen LogP contribution in [-0.2, 0) is 11.3 Å². The standard InChI is InChI=1S/C18H20ClNO3/c1-13(15-8-9-17(22-2)16(19)10-15)11-20-18(21)23-12-14-6-4-3-5-7-14/h3-10,13H,11-12H2,1-2H3,(H,20,21). The lowest BCUT2D eigenvalue weighted by Crippen LogP contribution is -2.28. The summed E-state index contributed by atoms with van der Waals surface area (Å²) in [5.74, 6) is 0.750. The van der Waals surface area contributed by atoms with Crippen LogP contribution in [-0.4, -0.2) is 19.7 Å². The third kappa shape index (κ3) is 5.18. The average Bonchev–Trinajstić information content (AvgIpc) is 2.58. The summed E-state index contributed by atoms with van der Waals surface area (Å²) < 4.78 is 10.3. The predicted octanol–water partition coefficient (Wildman–Crippen LogP) is 4.38. The van der Waals surface area contributed by atoms with E-state index in [1.54, 1.807) is 7.11 Å². The van der Waals surface area contributed by atoms with Gasteiger partial charge in [0.25, 0.3) is 0 Å². The topological polar surface area (TPSA) is 47.6 Å². The molecule has 0 aliphatic heterocycles. The minimum atomic E-state index is -0.430. The fourth-order valence-corrected chi connectivity index (χ4v) is 2.38. The van der Waals surface area contributed by atoms with E-state index in [4.69, 9.17) is 21.1 Å². The minimum Gasteiger partial charge on any atom is -0.495 e. The van der Waals surface area contributed by atoms with Crippen LogP contribution in [0.2, 0.25) is 5.02 Å². The Morgan fingerprint density at radius 2 is 1.96 bits per heavy atom. The van der Waals surface area contributed by atoms with E-state index in [0.717, 1.165) is 11.1 Å². The number of rotatable bonds is 6. The second-order valence-corrected chi connectivity index (χ2v) is 5.64. The Balaban J connectivity index is 1.80. The summed E-state index contributed by atoms with van der Waals surface area (Å²) in [7, 11) is 1.58. The first-order chi connectivity index (χ1) is 11.1. The zero-order valence-corrected chi connectivity index (χ0v) is 14.0. The summed E-state index contributed by atoms with van der Waals surface area (Å²) in [4.78, 5) is 11.7.